The lowest BCUT2D eigenvalue weighted by molar-refractivity contribution is -0.123. The van der Waals surface area contributed by atoms with Crippen LogP contribution in [0.15, 0.2) is 42.5 Å². The molecule has 0 bridgehead atoms. The number of carbonyl (C=O) groups is 2. The molecule has 1 fully saturated rings. The van der Waals surface area contributed by atoms with Gasteiger partial charge in [0, 0.05) is 23.3 Å². The first kappa shape index (κ1) is 15.5. The highest BCUT2D eigenvalue weighted by Crippen LogP contribution is 2.55. The van der Waals surface area contributed by atoms with Crippen molar-refractivity contribution in [1.82, 2.24) is 0 Å². The summed E-state index contributed by atoms with van der Waals surface area (Å²) in [6, 6.07) is 13.1. The van der Waals surface area contributed by atoms with Crippen molar-refractivity contribution in [3.63, 3.8) is 0 Å². The molecule has 2 aliphatic rings. The Morgan fingerprint density at radius 3 is 2.67 bits per heavy atom. The van der Waals surface area contributed by atoms with E-state index >= 15 is 0 Å². The Hall–Kier alpha value is -1.98. The van der Waals surface area contributed by atoms with Gasteiger partial charge in [-0.1, -0.05) is 35.9 Å². The molecule has 0 radical (unpaired) electrons. The van der Waals surface area contributed by atoms with Crippen molar-refractivity contribution in [3.05, 3.63) is 58.6 Å². The number of hydrogen-bond acceptors (Lipinski definition) is 3. The first-order chi connectivity index (χ1) is 11.5. The van der Waals surface area contributed by atoms with Crippen molar-refractivity contribution < 1.29 is 9.59 Å². The average molecular weight is 359 g/mol. The highest BCUT2D eigenvalue weighted by Gasteiger charge is 2.60. The first-order valence-corrected chi connectivity index (χ1v) is 8.94. The molecule has 4 rings (SSSR count). The summed E-state index contributed by atoms with van der Waals surface area (Å²) in [5.41, 5.74) is 3.28. The molecule has 4 nitrogen and oxygen atoms in total. The lowest BCUT2D eigenvalue weighted by Gasteiger charge is -2.33. The third-order valence-corrected chi connectivity index (χ3v) is 6.40. The van der Waals surface area contributed by atoms with Gasteiger partial charge in [0.1, 0.15) is 0 Å². The molecule has 1 unspecified atom stereocenters. The number of hydrogen-bond donors (Lipinski definition) is 0. The van der Waals surface area contributed by atoms with Crippen LogP contribution >= 0.6 is 23.4 Å². The van der Waals surface area contributed by atoms with E-state index in [2.05, 4.69) is 0 Å². The van der Waals surface area contributed by atoms with Crippen LogP contribution in [0.3, 0.4) is 0 Å². The Balaban J connectivity index is 1.95. The molecule has 0 saturated carbocycles. The molecule has 2 aliphatic heterocycles. The Bertz CT molecular complexity index is 885. The number of amides is 2. The van der Waals surface area contributed by atoms with Gasteiger partial charge in [-0.15, -0.1) is 11.8 Å². The Morgan fingerprint density at radius 2 is 1.92 bits per heavy atom. The number of aryl methyl sites for hydroxylation is 1. The van der Waals surface area contributed by atoms with Crippen molar-refractivity contribution in [2.45, 2.75) is 11.8 Å². The van der Waals surface area contributed by atoms with E-state index in [1.807, 2.05) is 43.3 Å². The summed E-state index contributed by atoms with van der Waals surface area (Å²) in [5, 5.41) is 0.583. The van der Waals surface area contributed by atoms with Gasteiger partial charge in [0.15, 0.2) is 0 Å². The minimum atomic E-state index is -1.04. The predicted molar refractivity (Wildman–Crippen MR) is 97.7 cm³/mol. The van der Waals surface area contributed by atoms with E-state index in [4.69, 9.17) is 11.6 Å². The molecule has 1 atom stereocenters. The third kappa shape index (κ3) is 1.88. The molecule has 6 heteroatoms. The van der Waals surface area contributed by atoms with Crippen molar-refractivity contribution in [1.29, 1.82) is 0 Å². The van der Waals surface area contributed by atoms with E-state index in [1.165, 1.54) is 11.8 Å². The van der Waals surface area contributed by atoms with E-state index in [0.29, 0.717) is 10.7 Å². The van der Waals surface area contributed by atoms with Gasteiger partial charge in [-0.05, 0) is 30.7 Å². The molecule has 2 amide bonds. The summed E-state index contributed by atoms with van der Waals surface area (Å²) in [6.45, 7) is 1.91. The molecule has 2 aromatic carbocycles. The van der Waals surface area contributed by atoms with Gasteiger partial charge < -0.3 is 4.90 Å². The number of fused-ring (bicyclic) bond motifs is 2. The van der Waals surface area contributed by atoms with Gasteiger partial charge in [-0.25, -0.2) is 0 Å². The molecular weight excluding hydrogens is 344 g/mol. The SMILES string of the molecule is Cc1ccc(N2C(=O)CSC23C(=O)N(C)c2ccccc23)cc1Cl. The zero-order valence-electron chi connectivity index (χ0n) is 13.2. The van der Waals surface area contributed by atoms with Crippen molar-refractivity contribution in [2.75, 3.05) is 22.6 Å². The second-order valence-corrected chi connectivity index (χ2v) is 7.55. The van der Waals surface area contributed by atoms with Gasteiger partial charge >= 0.3 is 0 Å². The number of rotatable bonds is 1. The minimum absolute atomic E-state index is 0.0848. The molecular formula is C18H15ClN2O2S. The second kappa shape index (κ2) is 5.26. The van der Waals surface area contributed by atoms with Crippen LogP contribution in [0.25, 0.3) is 0 Å². The lowest BCUT2D eigenvalue weighted by Crippen LogP contribution is -2.49. The summed E-state index contributed by atoms with van der Waals surface area (Å²) in [5.74, 6) is 0.0778. The maximum atomic E-state index is 13.1. The maximum Gasteiger partial charge on any atom is 0.268 e. The summed E-state index contributed by atoms with van der Waals surface area (Å²) in [6.07, 6.45) is 0. The third-order valence-electron chi connectivity index (χ3n) is 4.61. The Morgan fingerprint density at radius 1 is 1.17 bits per heavy atom. The normalized spacial score (nSPS) is 22.6. The van der Waals surface area contributed by atoms with Crippen LogP contribution in [-0.4, -0.2) is 24.6 Å². The standard InChI is InChI=1S/C18H15ClN2O2S/c1-11-7-8-12(9-14(11)19)21-16(22)10-24-18(21)13-5-3-4-6-15(13)20(2)17(18)23/h3-9H,10H2,1-2H3. The Kier molecular flexibility index (Phi) is 3.41. The second-order valence-electron chi connectivity index (χ2n) is 5.98. The van der Waals surface area contributed by atoms with E-state index in [9.17, 15) is 9.59 Å². The number of thioether (sulfide) groups is 1. The minimum Gasteiger partial charge on any atom is -0.312 e. The largest absolute Gasteiger partial charge is 0.312 e. The van der Waals surface area contributed by atoms with E-state index in [1.54, 1.807) is 22.9 Å². The zero-order valence-corrected chi connectivity index (χ0v) is 14.8. The van der Waals surface area contributed by atoms with Crippen LogP contribution in [0, 0.1) is 6.92 Å². The van der Waals surface area contributed by atoms with E-state index < -0.39 is 4.87 Å². The summed E-state index contributed by atoms with van der Waals surface area (Å²) < 4.78 is 0. The van der Waals surface area contributed by atoms with Crippen LogP contribution in [-0.2, 0) is 14.5 Å². The molecule has 1 spiro atoms. The number of likely N-dealkylation sites (N-methyl/N-ethyl adjacent to an activating group) is 1. The topological polar surface area (TPSA) is 40.6 Å². The fourth-order valence-corrected chi connectivity index (χ4v) is 4.94. The van der Waals surface area contributed by atoms with Crippen molar-refractivity contribution >= 4 is 46.6 Å². The van der Waals surface area contributed by atoms with Crippen LogP contribution in [0.2, 0.25) is 5.02 Å². The predicted octanol–water partition coefficient (Wildman–Crippen LogP) is 3.56. The number of halogens is 1. The van der Waals surface area contributed by atoms with E-state index in [-0.39, 0.29) is 17.6 Å². The molecule has 0 aliphatic carbocycles. The van der Waals surface area contributed by atoms with Gasteiger partial charge in [-0.2, -0.15) is 0 Å². The summed E-state index contributed by atoms with van der Waals surface area (Å²) in [4.78, 5) is 28.0. The van der Waals surface area contributed by atoms with Gasteiger partial charge in [0.05, 0.1) is 11.4 Å². The zero-order chi connectivity index (χ0) is 17.1. The fourth-order valence-electron chi connectivity index (χ4n) is 3.38. The Labute approximate surface area is 149 Å². The molecule has 0 aromatic heterocycles. The molecule has 1 saturated heterocycles. The van der Waals surface area contributed by atoms with Crippen LogP contribution in [0.4, 0.5) is 11.4 Å². The van der Waals surface area contributed by atoms with Gasteiger partial charge in [0.25, 0.3) is 5.91 Å². The van der Waals surface area contributed by atoms with Crippen LogP contribution in [0.1, 0.15) is 11.1 Å². The number of benzene rings is 2. The lowest BCUT2D eigenvalue weighted by atomic mass is 10.0. The quantitative estimate of drug-likeness (QED) is 0.782. The summed E-state index contributed by atoms with van der Waals surface area (Å²) >= 11 is 7.63. The van der Waals surface area contributed by atoms with Crippen LogP contribution < -0.4 is 9.80 Å². The van der Waals surface area contributed by atoms with E-state index in [0.717, 1.165) is 16.8 Å². The number of carbonyl (C=O) groups excluding carboxylic acids is 2. The average Bonchev–Trinajstić information content (AvgIpc) is 3.03. The van der Waals surface area contributed by atoms with Gasteiger partial charge in [0.2, 0.25) is 10.8 Å². The highest BCUT2D eigenvalue weighted by molar-refractivity contribution is 8.02. The smallest absolute Gasteiger partial charge is 0.268 e. The highest BCUT2D eigenvalue weighted by atomic mass is 35.5. The monoisotopic (exact) mass is 358 g/mol. The number of anilines is 2. The van der Waals surface area contributed by atoms with Gasteiger partial charge in [-0.3, -0.25) is 14.5 Å². The maximum absolute atomic E-state index is 13.1. The molecule has 24 heavy (non-hydrogen) atoms. The van der Waals surface area contributed by atoms with Crippen molar-refractivity contribution in [2.24, 2.45) is 0 Å². The first-order valence-electron chi connectivity index (χ1n) is 7.57. The molecule has 0 N–H and O–H groups in total. The van der Waals surface area contributed by atoms with Crippen LogP contribution in [0.5, 0.6) is 0 Å². The molecule has 122 valence electrons. The number of para-hydroxylation sites is 1. The molecule has 2 aromatic rings. The molecule has 2 heterocycles. The van der Waals surface area contributed by atoms with Crippen molar-refractivity contribution in [3.8, 4) is 0 Å². The summed E-state index contributed by atoms with van der Waals surface area (Å²) in [7, 11) is 1.75. The fraction of sp³-hybridized carbons (Fsp3) is 0.222. The number of nitrogens with zero attached hydrogens (tertiary/aromatic N) is 2.